The van der Waals surface area contributed by atoms with Gasteiger partial charge in [0.15, 0.2) is 5.82 Å². The van der Waals surface area contributed by atoms with Crippen LogP contribution >= 0.6 is 0 Å². The van der Waals surface area contributed by atoms with Crippen LogP contribution in [0.25, 0.3) is 0 Å². The van der Waals surface area contributed by atoms with Crippen LogP contribution in [0.4, 0.5) is 4.79 Å². The molecule has 134 valence electrons. The van der Waals surface area contributed by atoms with E-state index in [1.165, 1.54) is 25.7 Å². The molecule has 1 aromatic heterocycles. The van der Waals surface area contributed by atoms with Crippen molar-refractivity contribution in [1.29, 1.82) is 0 Å². The van der Waals surface area contributed by atoms with Crippen molar-refractivity contribution in [2.24, 2.45) is 5.41 Å². The average Bonchev–Trinajstić information content (AvgIpc) is 3.25. The molecule has 2 saturated carbocycles. The van der Waals surface area contributed by atoms with Crippen molar-refractivity contribution in [3.05, 3.63) is 12.2 Å². The van der Waals surface area contributed by atoms with Crippen molar-refractivity contribution in [1.82, 2.24) is 25.0 Å². The van der Waals surface area contributed by atoms with Gasteiger partial charge in [-0.3, -0.25) is 0 Å². The van der Waals surface area contributed by atoms with Crippen LogP contribution in [0.2, 0.25) is 0 Å². The molecule has 1 N–H and O–H groups in total. The van der Waals surface area contributed by atoms with Crippen LogP contribution in [0.15, 0.2) is 6.33 Å². The summed E-state index contributed by atoms with van der Waals surface area (Å²) in [5.41, 5.74) is 0.172. The third-order valence-electron chi connectivity index (χ3n) is 5.87. The topological polar surface area (TPSA) is 72.3 Å². The minimum atomic E-state index is -0.0353. The Hall–Kier alpha value is -1.63. The molecule has 0 radical (unpaired) electrons. The highest BCUT2D eigenvalue weighted by Gasteiger charge is 2.58. The first-order valence-corrected chi connectivity index (χ1v) is 9.11. The Bertz CT molecular complexity index is 567. The summed E-state index contributed by atoms with van der Waals surface area (Å²) in [5, 5.41) is 10.9. The van der Waals surface area contributed by atoms with Gasteiger partial charge >= 0.3 is 6.03 Å². The molecule has 7 heteroatoms. The zero-order chi connectivity index (χ0) is 17.2. The maximum atomic E-state index is 12.6. The van der Waals surface area contributed by atoms with Crippen molar-refractivity contribution in [3.63, 3.8) is 0 Å². The van der Waals surface area contributed by atoms with E-state index in [0.29, 0.717) is 12.6 Å². The highest BCUT2D eigenvalue weighted by atomic mass is 16.5. The van der Waals surface area contributed by atoms with E-state index in [4.69, 9.17) is 4.74 Å². The van der Waals surface area contributed by atoms with Gasteiger partial charge in [-0.15, -0.1) is 10.2 Å². The standard InChI is InChI=1S/C17H29N5O2/c1-4-22-12-19-20-15(22)11-18-16(23)21(3)13-10-14(24-5-2)17(13)8-6-7-9-17/h12-14H,4-11H2,1-3H3,(H,18,23)/t13-,14-/m0/s1. The SMILES string of the molecule is CCO[C@H]1C[C@H](N(C)C(=O)NCc2nncn2CC)C12CCCC2. The fourth-order valence-corrected chi connectivity index (χ4v) is 4.49. The molecule has 0 aromatic carbocycles. The van der Waals surface area contributed by atoms with Crippen molar-refractivity contribution in [2.45, 2.75) is 71.2 Å². The number of ether oxygens (including phenoxy) is 1. The highest BCUT2D eigenvalue weighted by molar-refractivity contribution is 5.74. The molecule has 3 rings (SSSR count). The van der Waals surface area contributed by atoms with Crippen LogP contribution in [0.3, 0.4) is 0 Å². The normalized spacial score (nSPS) is 24.8. The van der Waals surface area contributed by atoms with Crippen molar-refractivity contribution < 1.29 is 9.53 Å². The molecule has 1 spiro atoms. The quantitative estimate of drug-likeness (QED) is 0.865. The first-order chi connectivity index (χ1) is 11.6. The number of carbonyl (C=O) groups is 1. The Labute approximate surface area is 143 Å². The minimum Gasteiger partial charge on any atom is -0.378 e. The summed E-state index contributed by atoms with van der Waals surface area (Å²) in [5.74, 6) is 0.788. The van der Waals surface area contributed by atoms with Gasteiger partial charge in [-0.2, -0.15) is 0 Å². The largest absolute Gasteiger partial charge is 0.378 e. The van der Waals surface area contributed by atoms with Crippen LogP contribution in [-0.4, -0.2) is 51.5 Å². The van der Waals surface area contributed by atoms with Crippen LogP contribution in [-0.2, 0) is 17.8 Å². The third-order valence-corrected chi connectivity index (χ3v) is 5.87. The summed E-state index contributed by atoms with van der Waals surface area (Å²) in [4.78, 5) is 14.5. The van der Waals surface area contributed by atoms with Gasteiger partial charge < -0.3 is 19.5 Å². The Balaban J connectivity index is 1.59. The molecule has 1 heterocycles. The van der Waals surface area contributed by atoms with E-state index in [1.54, 1.807) is 6.33 Å². The van der Waals surface area contributed by atoms with E-state index in [1.807, 2.05) is 23.4 Å². The number of aromatic nitrogens is 3. The fourth-order valence-electron chi connectivity index (χ4n) is 4.49. The monoisotopic (exact) mass is 335 g/mol. The van der Waals surface area contributed by atoms with Gasteiger partial charge in [0.2, 0.25) is 0 Å². The summed E-state index contributed by atoms with van der Waals surface area (Å²) in [7, 11) is 1.91. The Kier molecular flexibility index (Phi) is 5.08. The average molecular weight is 335 g/mol. The molecule has 2 aliphatic rings. The number of urea groups is 1. The molecule has 0 unspecified atom stereocenters. The van der Waals surface area contributed by atoms with Crippen LogP contribution in [0.5, 0.6) is 0 Å². The number of nitrogens with one attached hydrogen (secondary N) is 1. The molecule has 2 fully saturated rings. The van der Waals surface area contributed by atoms with E-state index < -0.39 is 0 Å². The van der Waals surface area contributed by atoms with E-state index in [2.05, 4.69) is 22.4 Å². The summed E-state index contributed by atoms with van der Waals surface area (Å²) in [6.45, 7) is 6.05. The predicted molar refractivity (Wildman–Crippen MR) is 90.4 cm³/mol. The lowest BCUT2D eigenvalue weighted by atomic mass is 9.60. The second-order valence-corrected chi connectivity index (χ2v) is 6.94. The first kappa shape index (κ1) is 17.2. The molecular weight excluding hydrogens is 306 g/mol. The van der Waals surface area contributed by atoms with Gasteiger partial charge in [-0.1, -0.05) is 12.8 Å². The highest BCUT2D eigenvalue weighted by Crippen LogP contribution is 2.56. The number of nitrogens with zero attached hydrogens (tertiary/aromatic N) is 4. The van der Waals surface area contributed by atoms with Crippen molar-refractivity contribution in [2.75, 3.05) is 13.7 Å². The minimum absolute atomic E-state index is 0.0353. The van der Waals surface area contributed by atoms with E-state index >= 15 is 0 Å². The second kappa shape index (κ2) is 7.09. The molecule has 0 bridgehead atoms. The lowest BCUT2D eigenvalue weighted by Crippen LogP contribution is -2.65. The van der Waals surface area contributed by atoms with Crippen molar-refractivity contribution in [3.8, 4) is 0 Å². The summed E-state index contributed by atoms with van der Waals surface area (Å²) in [6.07, 6.45) is 7.78. The zero-order valence-electron chi connectivity index (χ0n) is 15.0. The smallest absolute Gasteiger partial charge is 0.317 e. The zero-order valence-corrected chi connectivity index (χ0v) is 15.0. The lowest BCUT2D eigenvalue weighted by molar-refractivity contribution is -0.151. The molecule has 0 saturated heterocycles. The second-order valence-electron chi connectivity index (χ2n) is 6.94. The molecule has 2 aliphatic carbocycles. The molecule has 2 amide bonds. The predicted octanol–water partition coefficient (Wildman–Crippen LogP) is 2.18. The maximum Gasteiger partial charge on any atom is 0.317 e. The molecule has 1 aromatic rings. The van der Waals surface area contributed by atoms with E-state index in [-0.39, 0.29) is 17.5 Å². The summed E-state index contributed by atoms with van der Waals surface area (Å²) in [6, 6.07) is 0.243. The Morgan fingerprint density at radius 1 is 1.46 bits per heavy atom. The van der Waals surface area contributed by atoms with Gasteiger partial charge in [0.05, 0.1) is 12.6 Å². The fraction of sp³-hybridized carbons (Fsp3) is 0.824. The van der Waals surface area contributed by atoms with Gasteiger partial charge in [-0.05, 0) is 33.1 Å². The van der Waals surface area contributed by atoms with Crippen LogP contribution in [0.1, 0.15) is 51.8 Å². The van der Waals surface area contributed by atoms with Gasteiger partial charge in [0.25, 0.3) is 0 Å². The summed E-state index contributed by atoms with van der Waals surface area (Å²) >= 11 is 0. The van der Waals surface area contributed by atoms with Gasteiger partial charge in [-0.25, -0.2) is 4.79 Å². The maximum absolute atomic E-state index is 12.6. The molecule has 2 atom stereocenters. The number of aryl methyl sites for hydroxylation is 1. The van der Waals surface area contributed by atoms with Crippen molar-refractivity contribution >= 4 is 6.03 Å². The lowest BCUT2D eigenvalue weighted by Gasteiger charge is -2.56. The Morgan fingerprint density at radius 2 is 2.21 bits per heavy atom. The van der Waals surface area contributed by atoms with Gasteiger partial charge in [0, 0.05) is 31.7 Å². The molecule has 0 aliphatic heterocycles. The Morgan fingerprint density at radius 3 is 2.88 bits per heavy atom. The van der Waals surface area contributed by atoms with Gasteiger partial charge in [0.1, 0.15) is 6.33 Å². The van der Waals surface area contributed by atoms with Crippen LogP contribution < -0.4 is 5.32 Å². The molecule has 7 nitrogen and oxygen atoms in total. The van der Waals surface area contributed by atoms with E-state index in [9.17, 15) is 4.79 Å². The first-order valence-electron chi connectivity index (χ1n) is 9.11. The molecule has 24 heavy (non-hydrogen) atoms. The van der Waals surface area contributed by atoms with Crippen LogP contribution in [0, 0.1) is 5.41 Å². The van der Waals surface area contributed by atoms with E-state index in [0.717, 1.165) is 25.4 Å². The third kappa shape index (κ3) is 2.90. The number of rotatable bonds is 6. The number of amides is 2. The number of hydrogen-bond donors (Lipinski definition) is 1. The summed E-state index contributed by atoms with van der Waals surface area (Å²) < 4.78 is 7.88. The number of hydrogen-bond acceptors (Lipinski definition) is 4. The number of carbonyl (C=O) groups excluding carboxylic acids is 1. The molecular formula is C17H29N5O2.